The van der Waals surface area contributed by atoms with E-state index < -0.39 is 125 Å². The Balaban J connectivity index is 0.930. The number of ketones is 2. The number of carboxylic acid groups (broad SMARTS) is 1. The number of allylic oxidation sites excluding steroid dienone is 4. The number of Topliss-reactive ketones (excluding diaryl/α,β-unsaturated/α-hetero) is 1. The predicted octanol–water partition coefficient (Wildman–Crippen LogP) is 1.14. The Bertz CT molecular complexity index is 2470. The highest BCUT2D eigenvalue weighted by molar-refractivity contribution is 9.14. The third-order valence-corrected chi connectivity index (χ3v) is 18.6. The van der Waals surface area contributed by atoms with Gasteiger partial charge in [-0.15, -0.1) is 11.6 Å². The van der Waals surface area contributed by atoms with Crippen LogP contribution in [0.25, 0.3) is 0 Å². The number of aliphatic carboxylic acids is 1. The monoisotopic (exact) mass is 1290 g/mol. The van der Waals surface area contributed by atoms with Crippen molar-refractivity contribution in [2.45, 2.75) is 108 Å². The molecule has 0 bridgehead atoms. The average Bonchev–Trinajstić information content (AvgIpc) is 2.50. The van der Waals surface area contributed by atoms with Crippen molar-refractivity contribution in [2.24, 2.45) is 28.6 Å². The van der Waals surface area contributed by atoms with Crippen LogP contribution in [0.1, 0.15) is 85.5 Å². The van der Waals surface area contributed by atoms with Crippen LogP contribution in [0.3, 0.4) is 0 Å². The van der Waals surface area contributed by atoms with Crippen LogP contribution in [0.4, 0.5) is 0 Å². The highest BCUT2D eigenvalue weighted by Gasteiger charge is 2.76. The molecule has 0 radical (unpaired) electrons. The summed E-state index contributed by atoms with van der Waals surface area (Å²) in [5.41, 5.74) is -2.78. The van der Waals surface area contributed by atoms with Gasteiger partial charge in [0.25, 0.3) is 11.8 Å². The first-order valence-electron chi connectivity index (χ1n) is 26.8. The molecule has 0 aromatic heterocycles. The molecule has 7 amide bonds. The summed E-state index contributed by atoms with van der Waals surface area (Å²) in [5, 5.41) is 33.4. The van der Waals surface area contributed by atoms with Crippen molar-refractivity contribution in [1.29, 1.82) is 0 Å². The summed E-state index contributed by atoms with van der Waals surface area (Å²) in [6.45, 7) is 6.65. The molecule has 3 fully saturated rings. The summed E-state index contributed by atoms with van der Waals surface area (Å²) in [7, 11) is 0. The number of imide groups is 1. The summed E-state index contributed by atoms with van der Waals surface area (Å²) < 4.78 is 33.7. The molecule has 3 saturated carbocycles. The van der Waals surface area contributed by atoms with Crippen LogP contribution in [-0.2, 0) is 81.2 Å². The number of halogens is 3. The average molecular weight is 1290 g/mol. The van der Waals surface area contributed by atoms with Crippen LogP contribution in [0.2, 0.25) is 0 Å². The number of carbonyl (C=O) groups is 11. The Kier molecular flexibility index (Phi) is 25.2. The number of carboxylic acids is 1. The number of ether oxygens (including phenoxy) is 6. The van der Waals surface area contributed by atoms with E-state index in [0.717, 1.165) is 10.5 Å². The van der Waals surface area contributed by atoms with Gasteiger partial charge in [-0.05, 0) is 88.0 Å². The first-order chi connectivity index (χ1) is 38.4. The van der Waals surface area contributed by atoms with Gasteiger partial charge in [-0.3, -0.25) is 57.6 Å². The number of fused-ring (bicyclic) bond motifs is 5. The smallest absolute Gasteiger partial charge is 0.306 e. The summed E-state index contributed by atoms with van der Waals surface area (Å²) in [4.78, 5) is 138. The molecule has 450 valence electrons. The Labute approximate surface area is 490 Å². The molecule has 0 aromatic carbocycles. The van der Waals surface area contributed by atoms with Gasteiger partial charge >= 0.3 is 11.9 Å². The first-order valence-corrected chi connectivity index (χ1v) is 28.8. The van der Waals surface area contributed by atoms with Gasteiger partial charge in [-0.2, -0.15) is 0 Å². The molecule has 0 aromatic rings. The fourth-order valence-electron chi connectivity index (χ4n) is 11.6. The van der Waals surface area contributed by atoms with Gasteiger partial charge < -0.3 is 65.2 Å². The molecule has 5 rings (SSSR count). The lowest BCUT2D eigenvalue weighted by Gasteiger charge is -2.64. The van der Waals surface area contributed by atoms with Gasteiger partial charge in [0.15, 0.2) is 11.4 Å². The van der Waals surface area contributed by atoms with Gasteiger partial charge in [0.05, 0.1) is 76.9 Å². The second-order valence-electron chi connectivity index (χ2n) is 20.7. The van der Waals surface area contributed by atoms with Crippen LogP contribution >= 0.6 is 43.5 Å². The van der Waals surface area contributed by atoms with Crippen molar-refractivity contribution in [2.75, 3.05) is 92.4 Å². The Morgan fingerprint density at radius 3 is 2.01 bits per heavy atom. The minimum atomic E-state index is -1.71. The van der Waals surface area contributed by atoms with Gasteiger partial charge in [-0.25, -0.2) is 0 Å². The highest BCUT2D eigenvalue weighted by Crippen LogP contribution is 2.72. The molecule has 0 saturated heterocycles. The summed E-state index contributed by atoms with van der Waals surface area (Å²) in [5.74, 6) is -7.98. The Morgan fingerprint density at radius 1 is 0.778 bits per heavy atom. The number of hydrogen-bond donors (Lipinski definition) is 7. The Morgan fingerprint density at radius 2 is 1.38 bits per heavy atom. The van der Waals surface area contributed by atoms with Crippen LogP contribution in [0.15, 0.2) is 32.8 Å². The van der Waals surface area contributed by atoms with E-state index in [1.54, 1.807) is 19.1 Å². The van der Waals surface area contributed by atoms with E-state index >= 15 is 0 Å². The maximum atomic E-state index is 14.5. The number of alkyl halides is 1. The van der Waals surface area contributed by atoms with E-state index in [-0.39, 0.29) is 131 Å². The lowest BCUT2D eigenvalue weighted by Crippen LogP contribution is -2.69. The third kappa shape index (κ3) is 16.2. The largest absolute Gasteiger partial charge is 0.481 e. The fraction of sp³-hybridized carbons (Fsp3) is 0.679. The zero-order chi connectivity index (χ0) is 59.7. The van der Waals surface area contributed by atoms with Crippen molar-refractivity contribution in [3.63, 3.8) is 0 Å². The SMILES string of the molecule is CCC(=O)O[C@]1(C(=O)COCNC(=O)CNC(=O)CNC(=O)[C@H](CCC(=O)O)NC(=O)CCOCCOCCOCCOCCNC(=O)CCN2C(=O)C(Br)=C(Br)C2=O)[C@@H](C)CC2[C@@H]3CCC4=CC(=O)C=C[C@]4(C)[C@@]3(Cl)[C@@H](O)C[C@@]21C. The minimum Gasteiger partial charge on any atom is -0.481 e. The minimum absolute atomic E-state index is 0.0174. The Hall–Kier alpha value is -5.00. The molecule has 1 heterocycles. The fourth-order valence-corrected chi connectivity index (χ4v) is 12.9. The van der Waals surface area contributed by atoms with E-state index in [4.69, 9.17) is 40.0 Å². The van der Waals surface area contributed by atoms with Crippen molar-refractivity contribution < 1.29 is 91.4 Å². The third-order valence-electron chi connectivity index (χ3n) is 15.7. The number of nitrogens with one attached hydrogen (secondary N) is 5. The first kappa shape index (κ1) is 66.8. The summed E-state index contributed by atoms with van der Waals surface area (Å²) in [6, 6.07) is -1.31. The van der Waals surface area contributed by atoms with Crippen LogP contribution < -0.4 is 26.6 Å². The number of aliphatic hydroxyl groups excluding tert-OH is 1. The standard InChI is InChI=1S/C53H73Br2ClN6O19/c1-5-44(72)81-53(31(2)24-35-34-7-6-32-25-33(63)10-13-50(32,3)52(34,56)37(64)26-51(35,53)4)38(65)29-80-30-60-42(69)27-58-41(68)28-59-47(73)36(8-9-43(70)71)61-40(67)12-16-76-18-20-78-22-23-79-21-19-77-17-14-57-39(66)11-15-62-48(74)45(54)46(55)49(62)75/h10,13,25,31,34-37,64H,5-9,11-12,14-24,26-30H2,1-4H3,(H,57,66)(H,58,68)(H,59,73)(H,60,69)(H,61,67)(H,70,71)/t31-,34-,35?,36-,37-,50-,51-,52-,53-/m0/s1. The number of nitrogens with zero attached hydrogens (tertiary/aromatic N) is 1. The van der Waals surface area contributed by atoms with Gasteiger partial charge in [0.1, 0.15) is 28.3 Å². The van der Waals surface area contributed by atoms with Gasteiger partial charge in [-0.1, -0.05) is 39.3 Å². The summed E-state index contributed by atoms with van der Waals surface area (Å²) in [6.07, 6.45) is 4.23. The topological polar surface area (TPSA) is 347 Å². The molecule has 81 heavy (non-hydrogen) atoms. The molecule has 25 nitrogen and oxygen atoms in total. The maximum absolute atomic E-state index is 14.5. The molecule has 1 unspecified atom stereocenters. The second-order valence-corrected chi connectivity index (χ2v) is 22.9. The van der Waals surface area contributed by atoms with E-state index in [2.05, 4.69) is 58.4 Å². The van der Waals surface area contributed by atoms with Crippen LogP contribution in [0.5, 0.6) is 0 Å². The quantitative estimate of drug-likeness (QED) is 0.0156. The molecule has 1 aliphatic heterocycles. The van der Waals surface area contributed by atoms with Gasteiger partial charge in [0.2, 0.25) is 35.3 Å². The highest BCUT2D eigenvalue weighted by atomic mass is 79.9. The van der Waals surface area contributed by atoms with E-state index in [0.29, 0.717) is 19.3 Å². The molecule has 0 spiro atoms. The maximum Gasteiger partial charge on any atom is 0.306 e. The number of amides is 7. The lowest BCUT2D eigenvalue weighted by atomic mass is 9.45. The molecule has 5 aliphatic rings. The molecule has 7 N–H and O–H groups in total. The van der Waals surface area contributed by atoms with Crippen LogP contribution in [0, 0.1) is 28.6 Å². The molecule has 9 atom stereocenters. The predicted molar refractivity (Wildman–Crippen MR) is 293 cm³/mol. The number of esters is 1. The van der Waals surface area contributed by atoms with E-state index in [1.165, 1.54) is 6.08 Å². The molecule has 4 aliphatic carbocycles. The van der Waals surface area contributed by atoms with Crippen LogP contribution in [-0.4, -0.2) is 195 Å². The summed E-state index contributed by atoms with van der Waals surface area (Å²) >= 11 is 13.6. The number of aliphatic hydroxyl groups is 1. The number of hydrogen-bond acceptors (Lipinski definition) is 18. The molecular formula is C53H73Br2ClN6O19. The van der Waals surface area contributed by atoms with Crippen molar-refractivity contribution in [1.82, 2.24) is 31.5 Å². The van der Waals surface area contributed by atoms with Crippen molar-refractivity contribution in [3.8, 4) is 0 Å². The normalized spacial score (nSPS) is 26.9. The molecule has 28 heteroatoms. The lowest BCUT2D eigenvalue weighted by molar-refractivity contribution is -0.203. The van der Waals surface area contributed by atoms with Gasteiger partial charge in [0, 0.05) is 55.5 Å². The van der Waals surface area contributed by atoms with E-state index in [1.807, 2.05) is 20.8 Å². The second kappa shape index (κ2) is 30.5. The van der Waals surface area contributed by atoms with Crippen molar-refractivity contribution in [3.05, 3.63) is 32.8 Å². The number of rotatable bonds is 34. The zero-order valence-corrected chi connectivity index (χ0v) is 49.7. The zero-order valence-electron chi connectivity index (χ0n) is 45.8. The van der Waals surface area contributed by atoms with E-state index in [9.17, 15) is 63.0 Å². The van der Waals surface area contributed by atoms with Crippen molar-refractivity contribution >= 4 is 108 Å². The molecular weight excluding hydrogens is 1220 g/mol. The number of carbonyl (C=O) groups excluding carboxylic acids is 10.